The van der Waals surface area contributed by atoms with E-state index in [-0.39, 0.29) is 0 Å². The molecule has 0 unspecified atom stereocenters. The zero-order valence-corrected chi connectivity index (χ0v) is 8.10. The molecule has 0 aliphatic rings. The molecule has 1 heterocycles. The highest BCUT2D eigenvalue weighted by atomic mass is 16.3. The molecule has 0 amide bonds. The SMILES string of the molecule is C=CC=CC=CC=CCc1ccco1. The lowest BCUT2D eigenvalue weighted by Gasteiger charge is -1.84. The molecule has 1 aromatic heterocycles. The zero-order valence-electron chi connectivity index (χ0n) is 8.10. The van der Waals surface area contributed by atoms with Crippen LogP contribution in [0, 0.1) is 0 Å². The molecule has 1 aromatic rings. The molecule has 0 spiro atoms. The van der Waals surface area contributed by atoms with Gasteiger partial charge in [-0.2, -0.15) is 0 Å². The third kappa shape index (κ3) is 4.31. The van der Waals surface area contributed by atoms with E-state index >= 15 is 0 Å². The maximum Gasteiger partial charge on any atom is 0.107 e. The quantitative estimate of drug-likeness (QED) is 0.639. The van der Waals surface area contributed by atoms with Crippen molar-refractivity contribution in [3.8, 4) is 0 Å². The maximum atomic E-state index is 5.18. The molecule has 14 heavy (non-hydrogen) atoms. The van der Waals surface area contributed by atoms with Gasteiger partial charge in [-0.3, -0.25) is 0 Å². The fraction of sp³-hybridized carbons (Fsp3) is 0.0769. The molecule has 0 saturated carbocycles. The Bertz CT molecular complexity index is 326. The van der Waals surface area contributed by atoms with Crippen LogP contribution < -0.4 is 0 Å². The highest BCUT2D eigenvalue weighted by Crippen LogP contribution is 2.01. The average Bonchev–Trinajstić information content (AvgIpc) is 2.69. The molecule has 0 saturated heterocycles. The van der Waals surface area contributed by atoms with E-state index in [1.54, 1.807) is 12.3 Å². The Hall–Kier alpha value is -1.76. The van der Waals surface area contributed by atoms with E-state index in [1.165, 1.54) is 0 Å². The second kappa shape index (κ2) is 6.72. The lowest BCUT2D eigenvalue weighted by molar-refractivity contribution is 0.523. The van der Waals surface area contributed by atoms with E-state index in [2.05, 4.69) is 12.7 Å². The van der Waals surface area contributed by atoms with Crippen LogP contribution in [0.4, 0.5) is 0 Å². The maximum absolute atomic E-state index is 5.18. The normalized spacial score (nSPS) is 12.0. The molecule has 0 bridgehead atoms. The standard InChI is InChI=1S/C13H14O/c1-2-3-4-5-6-7-8-10-13-11-9-12-14-13/h2-9,11-12H,1,10H2. The molecule has 72 valence electrons. The van der Waals surface area contributed by atoms with E-state index in [0.717, 1.165) is 12.2 Å². The number of hydrogen-bond acceptors (Lipinski definition) is 1. The summed E-state index contributed by atoms with van der Waals surface area (Å²) in [6.07, 6.45) is 16.1. The second-order valence-corrected chi connectivity index (χ2v) is 2.72. The molecule has 0 aliphatic carbocycles. The van der Waals surface area contributed by atoms with Crippen LogP contribution in [0.25, 0.3) is 0 Å². The summed E-state index contributed by atoms with van der Waals surface area (Å²) in [6, 6.07) is 3.86. The third-order valence-corrected chi connectivity index (χ3v) is 1.62. The molecular weight excluding hydrogens is 172 g/mol. The predicted molar refractivity (Wildman–Crippen MR) is 60.0 cm³/mol. The van der Waals surface area contributed by atoms with Gasteiger partial charge in [-0.1, -0.05) is 49.1 Å². The first-order valence-electron chi connectivity index (χ1n) is 4.57. The van der Waals surface area contributed by atoms with Gasteiger partial charge in [0.1, 0.15) is 5.76 Å². The Morgan fingerprint density at radius 1 is 1.14 bits per heavy atom. The first-order valence-corrected chi connectivity index (χ1v) is 4.57. The lowest BCUT2D eigenvalue weighted by atomic mass is 10.3. The minimum atomic E-state index is 0.836. The Labute approximate surface area is 84.8 Å². The number of rotatable bonds is 5. The van der Waals surface area contributed by atoms with E-state index in [4.69, 9.17) is 4.42 Å². The molecule has 0 fully saturated rings. The van der Waals surface area contributed by atoms with Gasteiger partial charge in [0, 0.05) is 6.42 Å². The Morgan fingerprint density at radius 2 is 1.93 bits per heavy atom. The molecular formula is C13H14O. The molecule has 0 aromatic carbocycles. The number of furan rings is 1. The second-order valence-electron chi connectivity index (χ2n) is 2.72. The van der Waals surface area contributed by atoms with Crippen molar-refractivity contribution in [2.24, 2.45) is 0 Å². The van der Waals surface area contributed by atoms with Gasteiger partial charge in [-0.15, -0.1) is 0 Å². The van der Waals surface area contributed by atoms with E-state index < -0.39 is 0 Å². The zero-order chi connectivity index (χ0) is 10.1. The summed E-state index contributed by atoms with van der Waals surface area (Å²) in [5, 5.41) is 0. The van der Waals surface area contributed by atoms with Crippen molar-refractivity contribution < 1.29 is 4.42 Å². The van der Waals surface area contributed by atoms with E-state index in [9.17, 15) is 0 Å². The third-order valence-electron chi connectivity index (χ3n) is 1.62. The van der Waals surface area contributed by atoms with E-state index in [0.29, 0.717) is 0 Å². The van der Waals surface area contributed by atoms with Crippen LogP contribution >= 0.6 is 0 Å². The average molecular weight is 186 g/mol. The van der Waals surface area contributed by atoms with Crippen LogP contribution in [-0.4, -0.2) is 0 Å². The van der Waals surface area contributed by atoms with Gasteiger partial charge in [0.15, 0.2) is 0 Å². The monoisotopic (exact) mass is 186 g/mol. The minimum Gasteiger partial charge on any atom is -0.469 e. The van der Waals surface area contributed by atoms with Crippen LogP contribution in [0.5, 0.6) is 0 Å². The van der Waals surface area contributed by atoms with Crippen molar-refractivity contribution in [1.29, 1.82) is 0 Å². The van der Waals surface area contributed by atoms with Gasteiger partial charge in [-0.25, -0.2) is 0 Å². The summed E-state index contributed by atoms with van der Waals surface area (Å²) in [5.74, 6) is 0.983. The van der Waals surface area contributed by atoms with Crippen LogP contribution in [0.15, 0.2) is 71.9 Å². The highest BCUT2D eigenvalue weighted by Gasteiger charge is 1.87. The Kier molecular flexibility index (Phi) is 4.96. The fourth-order valence-electron chi connectivity index (χ4n) is 0.963. The van der Waals surface area contributed by atoms with Crippen LogP contribution in [0.2, 0.25) is 0 Å². The molecule has 1 heteroatoms. The first-order chi connectivity index (χ1) is 6.93. The summed E-state index contributed by atoms with van der Waals surface area (Å²) in [6.45, 7) is 3.58. The summed E-state index contributed by atoms with van der Waals surface area (Å²) >= 11 is 0. The Balaban J connectivity index is 2.24. The summed E-state index contributed by atoms with van der Waals surface area (Å²) in [7, 11) is 0. The van der Waals surface area contributed by atoms with Crippen molar-refractivity contribution in [2.45, 2.75) is 6.42 Å². The first kappa shape index (κ1) is 10.3. The molecule has 0 N–H and O–H groups in total. The highest BCUT2D eigenvalue weighted by molar-refractivity contribution is 5.15. The van der Waals surface area contributed by atoms with Gasteiger partial charge in [-0.05, 0) is 12.1 Å². The van der Waals surface area contributed by atoms with Crippen molar-refractivity contribution in [2.75, 3.05) is 0 Å². The van der Waals surface area contributed by atoms with Crippen molar-refractivity contribution in [1.82, 2.24) is 0 Å². The smallest absolute Gasteiger partial charge is 0.107 e. The van der Waals surface area contributed by atoms with Crippen molar-refractivity contribution in [3.63, 3.8) is 0 Å². The number of hydrogen-bond donors (Lipinski definition) is 0. The summed E-state index contributed by atoms with van der Waals surface area (Å²) in [5.41, 5.74) is 0. The van der Waals surface area contributed by atoms with Gasteiger partial charge >= 0.3 is 0 Å². The largest absolute Gasteiger partial charge is 0.469 e. The topological polar surface area (TPSA) is 13.1 Å². The fourth-order valence-corrected chi connectivity index (χ4v) is 0.963. The molecule has 0 atom stereocenters. The summed E-state index contributed by atoms with van der Waals surface area (Å²) < 4.78 is 5.18. The van der Waals surface area contributed by atoms with E-state index in [1.807, 2.05) is 42.5 Å². The lowest BCUT2D eigenvalue weighted by Crippen LogP contribution is -1.71. The minimum absolute atomic E-state index is 0.836. The molecule has 0 aliphatic heterocycles. The van der Waals surface area contributed by atoms with Gasteiger partial charge < -0.3 is 4.42 Å². The van der Waals surface area contributed by atoms with Crippen molar-refractivity contribution in [3.05, 3.63) is 73.3 Å². The predicted octanol–water partition coefficient (Wildman–Crippen LogP) is 3.68. The Morgan fingerprint density at radius 3 is 2.64 bits per heavy atom. The van der Waals surface area contributed by atoms with Gasteiger partial charge in [0.05, 0.1) is 6.26 Å². The molecule has 1 rings (SSSR count). The van der Waals surface area contributed by atoms with Gasteiger partial charge in [0.25, 0.3) is 0 Å². The van der Waals surface area contributed by atoms with Crippen LogP contribution in [-0.2, 0) is 6.42 Å². The molecule has 1 nitrogen and oxygen atoms in total. The number of allylic oxidation sites excluding steroid dienone is 7. The van der Waals surface area contributed by atoms with Crippen molar-refractivity contribution >= 4 is 0 Å². The summed E-state index contributed by atoms with van der Waals surface area (Å²) in [4.78, 5) is 0. The van der Waals surface area contributed by atoms with Crippen LogP contribution in [0.1, 0.15) is 5.76 Å². The van der Waals surface area contributed by atoms with Crippen LogP contribution in [0.3, 0.4) is 0 Å². The molecule has 0 radical (unpaired) electrons. The van der Waals surface area contributed by atoms with Gasteiger partial charge in [0.2, 0.25) is 0 Å².